The molecule has 0 bridgehead atoms. The molecule has 5 nitrogen and oxygen atoms in total. The van der Waals surface area contributed by atoms with Crippen LogP contribution in [0, 0.1) is 0 Å². The maximum absolute atomic E-state index is 12.6. The fourth-order valence-corrected chi connectivity index (χ4v) is 2.75. The summed E-state index contributed by atoms with van der Waals surface area (Å²) in [4.78, 5) is 12.6. The number of hydrogen-bond acceptors (Lipinski definition) is 3. The van der Waals surface area contributed by atoms with Crippen LogP contribution >= 0.6 is 0 Å². The monoisotopic (exact) mass is 348 g/mol. The van der Waals surface area contributed by atoms with E-state index < -0.39 is 0 Å². The average molecular weight is 348 g/mol. The number of benzene rings is 2. The maximum Gasteiger partial charge on any atom is 0.282 e. The maximum atomic E-state index is 12.6. The van der Waals surface area contributed by atoms with Crippen LogP contribution < -0.4 is 9.30 Å². The van der Waals surface area contributed by atoms with E-state index in [4.69, 9.17) is 4.74 Å². The van der Waals surface area contributed by atoms with Crippen molar-refractivity contribution in [1.29, 1.82) is 0 Å². The molecule has 0 radical (unpaired) electrons. The van der Waals surface area contributed by atoms with Crippen molar-refractivity contribution in [1.82, 2.24) is 4.68 Å². The fraction of sp³-hybridized carbons (Fsp3) is 0.190. The Bertz CT molecular complexity index is 897. The van der Waals surface area contributed by atoms with Gasteiger partial charge < -0.3 is 4.74 Å². The van der Waals surface area contributed by atoms with Crippen LogP contribution in [0.25, 0.3) is 0 Å². The summed E-state index contributed by atoms with van der Waals surface area (Å²) < 4.78 is 8.89. The van der Waals surface area contributed by atoms with Gasteiger partial charge in [0.15, 0.2) is 12.7 Å². The molecule has 26 heavy (non-hydrogen) atoms. The van der Waals surface area contributed by atoms with Crippen molar-refractivity contribution in [3.05, 3.63) is 83.9 Å². The zero-order valence-electron chi connectivity index (χ0n) is 15.0. The Morgan fingerprint density at radius 1 is 1.15 bits per heavy atom. The number of rotatable bonds is 7. The number of ether oxygens (including phenoxy) is 1. The quantitative estimate of drug-likeness (QED) is 0.374. The lowest BCUT2D eigenvalue weighted by Gasteiger charge is -2.03. The van der Waals surface area contributed by atoms with Crippen LogP contribution in [0.1, 0.15) is 28.7 Å². The molecule has 0 unspecified atom stereocenters. The summed E-state index contributed by atoms with van der Waals surface area (Å²) in [6.45, 7) is 2.33. The van der Waals surface area contributed by atoms with Crippen molar-refractivity contribution in [3.8, 4) is 5.75 Å². The minimum Gasteiger partial charge on any atom is -0.497 e. The smallest absolute Gasteiger partial charge is 0.282 e. The minimum absolute atomic E-state index is 0.0529. The van der Waals surface area contributed by atoms with Crippen molar-refractivity contribution in [2.75, 3.05) is 7.11 Å². The molecule has 0 fully saturated rings. The molecular formula is C21H22N3O2+. The first-order chi connectivity index (χ1) is 12.7. The van der Waals surface area contributed by atoms with E-state index in [-0.39, 0.29) is 12.3 Å². The summed E-state index contributed by atoms with van der Waals surface area (Å²) in [5.74, 6) is 1.76. The number of ketones is 1. The van der Waals surface area contributed by atoms with E-state index >= 15 is 0 Å². The Balaban J connectivity index is 1.77. The third kappa shape index (κ3) is 4.06. The summed E-state index contributed by atoms with van der Waals surface area (Å²) >= 11 is 0. The lowest BCUT2D eigenvalue weighted by atomic mass is 10.1. The van der Waals surface area contributed by atoms with Crippen LogP contribution in [0.3, 0.4) is 0 Å². The second kappa shape index (κ2) is 8.25. The molecule has 0 amide bonds. The van der Waals surface area contributed by atoms with E-state index in [1.807, 2.05) is 58.2 Å². The van der Waals surface area contributed by atoms with Crippen LogP contribution in [0.5, 0.6) is 5.75 Å². The average Bonchev–Trinajstić information content (AvgIpc) is 3.08. The first-order valence-corrected chi connectivity index (χ1v) is 8.57. The van der Waals surface area contributed by atoms with Gasteiger partial charge in [0.25, 0.3) is 5.82 Å². The highest BCUT2D eigenvalue weighted by Crippen LogP contribution is 2.12. The van der Waals surface area contributed by atoms with Crippen molar-refractivity contribution in [2.45, 2.75) is 19.9 Å². The van der Waals surface area contributed by atoms with Gasteiger partial charge in [-0.2, -0.15) is 0 Å². The fourth-order valence-electron chi connectivity index (χ4n) is 2.75. The van der Waals surface area contributed by atoms with Crippen molar-refractivity contribution >= 4 is 12.0 Å². The predicted molar refractivity (Wildman–Crippen MR) is 101 cm³/mol. The normalized spacial score (nSPS) is 11.0. The van der Waals surface area contributed by atoms with E-state index in [1.165, 1.54) is 0 Å². The Morgan fingerprint density at radius 3 is 2.54 bits per heavy atom. The van der Waals surface area contributed by atoms with Gasteiger partial charge in [-0.05, 0) is 29.8 Å². The number of Topliss-reactive ketones (excluding diaryl/α,β-unsaturated/α-hetero) is 1. The number of carbonyl (C=O) groups excluding carboxylic acids is 1. The largest absolute Gasteiger partial charge is 0.497 e. The van der Waals surface area contributed by atoms with Gasteiger partial charge in [0.1, 0.15) is 11.9 Å². The molecular weight excluding hydrogens is 326 g/mol. The Hall–Kier alpha value is -3.21. The second-order valence-electron chi connectivity index (χ2n) is 5.85. The summed E-state index contributed by atoms with van der Waals surface area (Å²) in [7, 11) is 1.61. The zero-order valence-corrected chi connectivity index (χ0v) is 15.0. The second-order valence-corrected chi connectivity index (χ2v) is 5.85. The molecule has 0 spiro atoms. The molecule has 0 aliphatic rings. The van der Waals surface area contributed by atoms with Gasteiger partial charge in [0, 0.05) is 12.0 Å². The Morgan fingerprint density at radius 2 is 1.88 bits per heavy atom. The topological polar surface area (TPSA) is 47.5 Å². The van der Waals surface area contributed by atoms with E-state index in [0.717, 1.165) is 23.6 Å². The number of aromatic nitrogens is 2. The number of imidazole rings is 1. The third-order valence-electron chi connectivity index (χ3n) is 4.16. The predicted octanol–water partition coefficient (Wildman–Crippen LogP) is 3.11. The number of carbonyl (C=O) groups is 1. The third-order valence-corrected chi connectivity index (χ3v) is 4.16. The van der Waals surface area contributed by atoms with Crippen LogP contribution in [0.15, 0.2) is 72.1 Å². The van der Waals surface area contributed by atoms with Crippen molar-refractivity contribution < 1.29 is 14.1 Å². The van der Waals surface area contributed by atoms with Gasteiger partial charge in [-0.15, -0.1) is 4.68 Å². The summed E-state index contributed by atoms with van der Waals surface area (Å²) in [6.07, 6.45) is 6.35. The molecule has 0 saturated heterocycles. The van der Waals surface area contributed by atoms with Crippen LogP contribution in [0.2, 0.25) is 0 Å². The van der Waals surface area contributed by atoms with Gasteiger partial charge in [-0.25, -0.2) is 4.57 Å². The lowest BCUT2D eigenvalue weighted by Crippen LogP contribution is -2.40. The molecule has 3 rings (SSSR count). The molecule has 2 aromatic carbocycles. The van der Waals surface area contributed by atoms with Gasteiger partial charge in [-0.3, -0.25) is 4.79 Å². The summed E-state index contributed by atoms with van der Waals surface area (Å²) in [6, 6.07) is 17.1. The van der Waals surface area contributed by atoms with Gasteiger partial charge in [-0.1, -0.05) is 42.4 Å². The van der Waals surface area contributed by atoms with E-state index in [2.05, 4.69) is 12.0 Å². The summed E-state index contributed by atoms with van der Waals surface area (Å²) in [5, 5.41) is 4.51. The molecule has 0 N–H and O–H groups in total. The molecule has 0 saturated carbocycles. The highest BCUT2D eigenvalue weighted by molar-refractivity contribution is 5.95. The van der Waals surface area contributed by atoms with E-state index in [0.29, 0.717) is 5.56 Å². The lowest BCUT2D eigenvalue weighted by molar-refractivity contribution is -0.690. The standard InChI is InChI=1S/C21H22N3O2/c1-3-21-23(16-20(25)18-9-11-19(26-2)12-10-18)13-14-24(21)22-15-17-7-5-4-6-8-17/h4-15H,3,16H2,1-2H3/q+1/b22-15-. The first kappa shape index (κ1) is 17.6. The van der Waals surface area contributed by atoms with Crippen molar-refractivity contribution in [2.24, 2.45) is 5.10 Å². The zero-order chi connectivity index (χ0) is 18.4. The van der Waals surface area contributed by atoms with Crippen LogP contribution in [-0.2, 0) is 13.0 Å². The minimum atomic E-state index is 0.0529. The van der Waals surface area contributed by atoms with Gasteiger partial charge in [0.2, 0.25) is 5.78 Å². The highest BCUT2D eigenvalue weighted by atomic mass is 16.5. The molecule has 5 heteroatoms. The summed E-state index contributed by atoms with van der Waals surface area (Å²) in [5.41, 5.74) is 1.70. The van der Waals surface area contributed by atoms with Gasteiger partial charge in [0.05, 0.1) is 13.3 Å². The van der Waals surface area contributed by atoms with Gasteiger partial charge >= 0.3 is 0 Å². The SMILES string of the molecule is CCc1n(/N=C\c2ccccc2)cc[n+]1CC(=O)c1ccc(OC)cc1. The van der Waals surface area contributed by atoms with Crippen molar-refractivity contribution in [3.63, 3.8) is 0 Å². The molecule has 1 heterocycles. The Kier molecular flexibility index (Phi) is 5.59. The molecule has 3 aromatic rings. The molecule has 132 valence electrons. The number of hydrogen-bond donors (Lipinski definition) is 0. The molecule has 1 aromatic heterocycles. The van der Waals surface area contributed by atoms with E-state index in [1.54, 1.807) is 31.4 Å². The van der Waals surface area contributed by atoms with Crippen LogP contribution in [0.4, 0.5) is 0 Å². The molecule has 0 aliphatic heterocycles. The Labute approximate surface area is 153 Å². The number of methoxy groups -OCH3 is 1. The van der Waals surface area contributed by atoms with E-state index in [9.17, 15) is 4.79 Å². The van der Waals surface area contributed by atoms with Crippen LogP contribution in [-0.4, -0.2) is 23.8 Å². The molecule has 0 aliphatic carbocycles. The first-order valence-electron chi connectivity index (χ1n) is 8.57. The highest BCUT2D eigenvalue weighted by Gasteiger charge is 2.18. The molecule has 0 atom stereocenters. The number of nitrogens with zero attached hydrogens (tertiary/aromatic N) is 3.